The van der Waals surface area contributed by atoms with Crippen molar-refractivity contribution < 1.29 is 14.7 Å². The highest BCUT2D eigenvalue weighted by Gasteiger charge is 2.59. The molecule has 4 fully saturated rings. The van der Waals surface area contributed by atoms with E-state index in [1.54, 1.807) is 10.6 Å². The first kappa shape index (κ1) is 24.8. The molecule has 0 aromatic carbocycles. The summed E-state index contributed by atoms with van der Waals surface area (Å²) in [7, 11) is 1.81. The van der Waals surface area contributed by atoms with Crippen molar-refractivity contribution in [2.45, 2.75) is 123 Å². The minimum Gasteiger partial charge on any atom is -0.393 e. The normalized spacial score (nSPS) is 43.0. The van der Waals surface area contributed by atoms with Gasteiger partial charge in [0.25, 0.3) is 0 Å². The molecule has 4 nitrogen and oxygen atoms in total. The SMILES string of the molecule is C[C@H](CCC(=O)N(C)OC1CCCC1)[C@H]1CC[C@H]2[C@@H]3CC=C4C[C@@H](O)CC[C@]4(C)[C@H]3CC[C@]12C. The number of amides is 1. The predicted molar refractivity (Wildman–Crippen MR) is 136 cm³/mol. The molecule has 0 aliphatic heterocycles. The highest BCUT2D eigenvalue weighted by atomic mass is 16.7. The van der Waals surface area contributed by atoms with E-state index in [9.17, 15) is 9.90 Å². The molecule has 8 atom stereocenters. The number of hydrogen-bond acceptors (Lipinski definition) is 3. The third-order valence-electron chi connectivity index (χ3n) is 11.6. The van der Waals surface area contributed by atoms with Crippen molar-refractivity contribution in [1.29, 1.82) is 0 Å². The Morgan fingerprint density at radius 1 is 1.12 bits per heavy atom. The fourth-order valence-corrected chi connectivity index (χ4v) is 9.60. The summed E-state index contributed by atoms with van der Waals surface area (Å²) in [5.74, 6) is 3.91. The van der Waals surface area contributed by atoms with E-state index < -0.39 is 0 Å². The van der Waals surface area contributed by atoms with E-state index in [0.717, 1.165) is 55.8 Å². The summed E-state index contributed by atoms with van der Waals surface area (Å²) in [5, 5.41) is 11.8. The van der Waals surface area contributed by atoms with Crippen LogP contribution in [0.15, 0.2) is 11.6 Å². The minimum absolute atomic E-state index is 0.119. The van der Waals surface area contributed by atoms with Crippen LogP contribution in [0.5, 0.6) is 0 Å². The number of aliphatic hydroxyl groups excluding tert-OH is 1. The average molecular weight is 472 g/mol. The van der Waals surface area contributed by atoms with Crippen LogP contribution >= 0.6 is 0 Å². The largest absolute Gasteiger partial charge is 0.393 e. The zero-order valence-electron chi connectivity index (χ0n) is 22.2. The van der Waals surface area contributed by atoms with Crippen molar-refractivity contribution in [1.82, 2.24) is 5.06 Å². The van der Waals surface area contributed by atoms with Gasteiger partial charge in [-0.1, -0.05) is 45.3 Å². The van der Waals surface area contributed by atoms with Crippen LogP contribution in [0.2, 0.25) is 0 Å². The molecule has 34 heavy (non-hydrogen) atoms. The van der Waals surface area contributed by atoms with Crippen molar-refractivity contribution >= 4 is 5.91 Å². The Labute approximate surface area is 207 Å². The van der Waals surface area contributed by atoms with E-state index in [1.165, 1.54) is 51.4 Å². The molecule has 1 N–H and O–H groups in total. The number of hydroxylamine groups is 2. The Morgan fingerprint density at radius 2 is 1.88 bits per heavy atom. The number of aliphatic hydroxyl groups is 1. The maximum absolute atomic E-state index is 12.8. The lowest BCUT2D eigenvalue weighted by molar-refractivity contribution is -0.196. The molecule has 0 aromatic heterocycles. The zero-order chi connectivity index (χ0) is 24.1. The molecule has 0 spiro atoms. The molecule has 0 aromatic rings. The van der Waals surface area contributed by atoms with E-state index in [4.69, 9.17) is 4.84 Å². The van der Waals surface area contributed by atoms with Gasteiger partial charge in [-0.15, -0.1) is 0 Å². The molecule has 4 saturated carbocycles. The maximum Gasteiger partial charge on any atom is 0.245 e. The van der Waals surface area contributed by atoms with Gasteiger partial charge in [0.2, 0.25) is 5.91 Å². The number of rotatable bonds is 6. The van der Waals surface area contributed by atoms with Gasteiger partial charge < -0.3 is 5.11 Å². The van der Waals surface area contributed by atoms with Gasteiger partial charge in [0.05, 0.1) is 12.2 Å². The van der Waals surface area contributed by atoms with Gasteiger partial charge in [-0.2, -0.15) is 0 Å². The van der Waals surface area contributed by atoms with Crippen LogP contribution in [0.1, 0.15) is 111 Å². The fraction of sp³-hybridized carbons (Fsp3) is 0.900. The first-order valence-electron chi connectivity index (χ1n) is 14.5. The van der Waals surface area contributed by atoms with Crippen LogP contribution in [0.4, 0.5) is 0 Å². The van der Waals surface area contributed by atoms with Gasteiger partial charge in [0, 0.05) is 13.5 Å². The van der Waals surface area contributed by atoms with Crippen molar-refractivity contribution in [3.05, 3.63) is 11.6 Å². The number of fused-ring (bicyclic) bond motifs is 5. The number of carbonyl (C=O) groups is 1. The number of carbonyl (C=O) groups excluding carboxylic acids is 1. The van der Waals surface area contributed by atoms with Crippen molar-refractivity contribution in [3.8, 4) is 0 Å². The number of hydrogen-bond donors (Lipinski definition) is 1. The highest BCUT2D eigenvalue weighted by molar-refractivity contribution is 5.74. The molecule has 0 unspecified atom stereocenters. The first-order chi connectivity index (χ1) is 16.2. The van der Waals surface area contributed by atoms with Crippen molar-refractivity contribution in [2.75, 3.05) is 7.05 Å². The third-order valence-corrected chi connectivity index (χ3v) is 11.6. The van der Waals surface area contributed by atoms with E-state index >= 15 is 0 Å². The number of nitrogens with zero attached hydrogens (tertiary/aromatic N) is 1. The van der Waals surface area contributed by atoms with Gasteiger partial charge in [-0.05, 0) is 111 Å². The standard InChI is InChI=1S/C30H49NO3/c1-20(9-14-28(33)31(4)34-23-7-5-6-8-23)25-12-13-26-24-11-10-21-19-22(32)15-17-29(21,2)27(24)16-18-30(25,26)3/h10,20,22-27,32H,5-9,11-19H2,1-4H3/t20-,22+,24+,25-,26+,27+,29+,30-/m1/s1. The van der Waals surface area contributed by atoms with Gasteiger partial charge in [0.1, 0.15) is 0 Å². The van der Waals surface area contributed by atoms with Crippen molar-refractivity contribution in [2.24, 2.45) is 40.4 Å². The van der Waals surface area contributed by atoms with Gasteiger partial charge in [-0.25, -0.2) is 5.06 Å². The highest BCUT2D eigenvalue weighted by Crippen LogP contribution is 2.67. The van der Waals surface area contributed by atoms with Crippen LogP contribution in [0.3, 0.4) is 0 Å². The molecule has 1 amide bonds. The smallest absolute Gasteiger partial charge is 0.245 e. The van der Waals surface area contributed by atoms with Crippen molar-refractivity contribution in [3.63, 3.8) is 0 Å². The van der Waals surface area contributed by atoms with Gasteiger partial charge in [0.15, 0.2) is 0 Å². The monoisotopic (exact) mass is 471 g/mol. The molecule has 4 heteroatoms. The summed E-state index contributed by atoms with van der Waals surface area (Å²) in [6.07, 6.45) is 18.6. The maximum atomic E-state index is 12.8. The fourth-order valence-electron chi connectivity index (χ4n) is 9.60. The molecule has 5 aliphatic rings. The summed E-state index contributed by atoms with van der Waals surface area (Å²) >= 11 is 0. The van der Waals surface area contributed by atoms with Crippen LogP contribution < -0.4 is 0 Å². The second kappa shape index (κ2) is 9.54. The molecule has 0 radical (unpaired) electrons. The van der Waals surface area contributed by atoms with E-state index in [-0.39, 0.29) is 18.1 Å². The minimum atomic E-state index is -0.119. The summed E-state index contributed by atoms with van der Waals surface area (Å²) in [4.78, 5) is 18.7. The summed E-state index contributed by atoms with van der Waals surface area (Å²) in [6, 6.07) is 0. The molecular formula is C30H49NO3. The Morgan fingerprint density at radius 3 is 2.65 bits per heavy atom. The van der Waals surface area contributed by atoms with Gasteiger partial charge >= 0.3 is 0 Å². The van der Waals surface area contributed by atoms with Crippen LogP contribution in [-0.4, -0.2) is 35.3 Å². The Bertz CT molecular complexity index is 788. The van der Waals surface area contributed by atoms with E-state index in [1.807, 2.05) is 7.05 Å². The number of allylic oxidation sites excluding steroid dienone is 1. The predicted octanol–water partition coefficient (Wildman–Crippen LogP) is 6.68. The second-order valence-corrected chi connectivity index (χ2v) is 13.3. The summed E-state index contributed by atoms with van der Waals surface area (Å²) in [6.45, 7) is 7.54. The average Bonchev–Trinajstić information content (AvgIpc) is 3.44. The molecule has 5 rings (SSSR count). The third kappa shape index (κ3) is 4.29. The lowest BCUT2D eigenvalue weighted by Gasteiger charge is -2.58. The lowest BCUT2D eigenvalue weighted by atomic mass is 9.47. The molecular weight excluding hydrogens is 422 g/mol. The molecule has 0 saturated heterocycles. The topological polar surface area (TPSA) is 49.8 Å². The lowest BCUT2D eigenvalue weighted by Crippen LogP contribution is -2.50. The van der Waals surface area contributed by atoms with Crippen LogP contribution in [0, 0.1) is 40.4 Å². The van der Waals surface area contributed by atoms with E-state index in [2.05, 4.69) is 26.8 Å². The summed E-state index contributed by atoms with van der Waals surface area (Å²) in [5.41, 5.74) is 2.32. The zero-order valence-corrected chi connectivity index (χ0v) is 22.2. The molecule has 0 heterocycles. The quantitative estimate of drug-likeness (QED) is 0.347. The Balaban J connectivity index is 1.20. The Hall–Kier alpha value is -0.870. The first-order valence-corrected chi connectivity index (χ1v) is 14.5. The van der Waals surface area contributed by atoms with Gasteiger partial charge in [-0.3, -0.25) is 9.63 Å². The molecule has 192 valence electrons. The van der Waals surface area contributed by atoms with E-state index in [0.29, 0.717) is 23.2 Å². The molecule has 5 aliphatic carbocycles. The second-order valence-electron chi connectivity index (χ2n) is 13.3. The van der Waals surface area contributed by atoms with Crippen LogP contribution in [0.25, 0.3) is 0 Å². The van der Waals surface area contributed by atoms with Crippen LogP contribution in [-0.2, 0) is 9.63 Å². The Kier molecular flexibility index (Phi) is 6.96. The summed E-state index contributed by atoms with van der Waals surface area (Å²) < 4.78 is 0. The molecule has 0 bridgehead atoms.